The molecule has 2 atom stereocenters. The maximum atomic E-state index is 13.7. The van der Waals surface area contributed by atoms with Crippen molar-refractivity contribution in [2.45, 2.75) is 45.3 Å². The van der Waals surface area contributed by atoms with Crippen molar-refractivity contribution in [1.29, 1.82) is 0 Å². The predicted molar refractivity (Wildman–Crippen MR) is 133 cm³/mol. The molecule has 3 aromatic carbocycles. The van der Waals surface area contributed by atoms with Gasteiger partial charge >= 0.3 is 0 Å². The number of carbonyl (C=O) groups is 2. The molecule has 2 unspecified atom stereocenters. The normalized spacial score (nSPS) is 16.6. The minimum Gasteiger partial charge on any atom is -0.343 e. The van der Waals surface area contributed by atoms with Crippen LogP contribution in [0.25, 0.3) is 11.1 Å². The van der Waals surface area contributed by atoms with Crippen LogP contribution in [0.4, 0.5) is 5.69 Å². The molecule has 0 aromatic heterocycles. The van der Waals surface area contributed by atoms with Crippen molar-refractivity contribution in [1.82, 2.24) is 10.6 Å². The van der Waals surface area contributed by atoms with Crippen molar-refractivity contribution in [3.8, 4) is 11.1 Å². The Hall–Kier alpha value is -3.44. The van der Waals surface area contributed by atoms with Crippen LogP contribution in [-0.2, 0) is 22.6 Å². The van der Waals surface area contributed by atoms with Crippen LogP contribution in [0, 0.1) is 6.92 Å². The molecular formula is C28H31N3O2. The topological polar surface area (TPSA) is 61.4 Å². The summed E-state index contributed by atoms with van der Waals surface area (Å²) >= 11 is 0. The van der Waals surface area contributed by atoms with Gasteiger partial charge in [-0.3, -0.25) is 9.59 Å². The third-order valence-electron chi connectivity index (χ3n) is 6.42. The van der Waals surface area contributed by atoms with Crippen molar-refractivity contribution in [2.24, 2.45) is 0 Å². The van der Waals surface area contributed by atoms with E-state index < -0.39 is 6.04 Å². The highest BCUT2D eigenvalue weighted by molar-refractivity contribution is 6.00. The first-order valence-electron chi connectivity index (χ1n) is 11.5. The summed E-state index contributed by atoms with van der Waals surface area (Å²) in [5, 5.41) is 5.91. The van der Waals surface area contributed by atoms with E-state index >= 15 is 0 Å². The van der Waals surface area contributed by atoms with E-state index in [2.05, 4.69) is 54.0 Å². The van der Waals surface area contributed by atoms with Crippen LogP contribution in [-0.4, -0.2) is 30.9 Å². The highest BCUT2D eigenvalue weighted by atomic mass is 16.2. The summed E-state index contributed by atoms with van der Waals surface area (Å²) in [6.07, 6.45) is 1.32. The first-order chi connectivity index (χ1) is 16.0. The molecule has 170 valence electrons. The van der Waals surface area contributed by atoms with Gasteiger partial charge in [-0.2, -0.15) is 0 Å². The summed E-state index contributed by atoms with van der Waals surface area (Å²) in [6, 6.07) is 23.8. The highest BCUT2D eigenvalue weighted by Gasteiger charge is 2.32. The predicted octanol–water partition coefficient (Wildman–Crippen LogP) is 4.23. The Kier molecular flexibility index (Phi) is 6.90. The van der Waals surface area contributed by atoms with E-state index in [1.807, 2.05) is 41.3 Å². The fourth-order valence-corrected chi connectivity index (χ4v) is 4.32. The third-order valence-corrected chi connectivity index (χ3v) is 6.42. The minimum atomic E-state index is -0.556. The molecule has 33 heavy (non-hydrogen) atoms. The lowest BCUT2D eigenvalue weighted by molar-refractivity contribution is -0.128. The maximum absolute atomic E-state index is 13.7. The van der Waals surface area contributed by atoms with Gasteiger partial charge in [0.15, 0.2) is 0 Å². The molecule has 1 heterocycles. The number of rotatable bonds is 6. The summed E-state index contributed by atoms with van der Waals surface area (Å²) < 4.78 is 0. The number of hydrogen-bond donors (Lipinski definition) is 2. The quantitative estimate of drug-likeness (QED) is 0.602. The second-order valence-electron chi connectivity index (χ2n) is 8.68. The molecule has 0 saturated carbocycles. The van der Waals surface area contributed by atoms with Gasteiger partial charge in [0.25, 0.3) is 0 Å². The number of para-hydroxylation sites is 1. The number of aryl methyl sites for hydroxylation is 2. The Labute approximate surface area is 195 Å². The molecule has 0 spiro atoms. The standard InChI is InChI=1S/C28H31N3O2/c1-19-13-14-21(17-24(19)22-9-5-4-6-10-22)18-31-26-12-8-7-11-23(26)15-16-25(28(31)33)30-27(32)20(2)29-3/h4-14,17,20,25,29H,15-16,18H2,1-3H3,(H,30,32). The Morgan fingerprint density at radius 1 is 1.06 bits per heavy atom. The Morgan fingerprint density at radius 2 is 1.79 bits per heavy atom. The van der Waals surface area contributed by atoms with Gasteiger partial charge < -0.3 is 15.5 Å². The van der Waals surface area contributed by atoms with Gasteiger partial charge in [0.05, 0.1) is 12.6 Å². The fraction of sp³-hybridized carbons (Fsp3) is 0.286. The van der Waals surface area contributed by atoms with E-state index in [9.17, 15) is 9.59 Å². The van der Waals surface area contributed by atoms with E-state index in [1.54, 1.807) is 14.0 Å². The second-order valence-corrected chi connectivity index (χ2v) is 8.68. The molecule has 2 N–H and O–H groups in total. The van der Waals surface area contributed by atoms with Crippen LogP contribution < -0.4 is 15.5 Å². The Balaban J connectivity index is 1.67. The molecule has 0 saturated heterocycles. The van der Waals surface area contributed by atoms with Crippen LogP contribution in [0.2, 0.25) is 0 Å². The monoisotopic (exact) mass is 441 g/mol. The lowest BCUT2D eigenvalue weighted by atomic mass is 9.98. The third kappa shape index (κ3) is 4.99. The van der Waals surface area contributed by atoms with Crippen LogP contribution in [0.15, 0.2) is 72.8 Å². The first-order valence-corrected chi connectivity index (χ1v) is 11.5. The number of likely N-dealkylation sites (N-methyl/N-ethyl adjacent to an activating group) is 1. The highest BCUT2D eigenvalue weighted by Crippen LogP contribution is 2.30. The van der Waals surface area contributed by atoms with Gasteiger partial charge in [0.2, 0.25) is 11.8 Å². The molecule has 0 fully saturated rings. The number of nitrogens with one attached hydrogen (secondary N) is 2. The summed E-state index contributed by atoms with van der Waals surface area (Å²) in [7, 11) is 1.74. The molecule has 0 aliphatic carbocycles. The number of fused-ring (bicyclic) bond motifs is 1. The van der Waals surface area contributed by atoms with Crippen molar-refractivity contribution >= 4 is 17.5 Å². The SMILES string of the molecule is CNC(C)C(=O)NC1CCc2ccccc2N(Cc2ccc(C)c(-c3ccccc3)c2)C1=O. The average Bonchev–Trinajstić information content (AvgIpc) is 2.97. The van der Waals surface area contributed by atoms with Gasteiger partial charge in [0, 0.05) is 5.69 Å². The lowest BCUT2D eigenvalue weighted by Crippen LogP contribution is -2.52. The van der Waals surface area contributed by atoms with Crippen LogP contribution in [0.5, 0.6) is 0 Å². The first kappa shape index (κ1) is 22.7. The lowest BCUT2D eigenvalue weighted by Gasteiger charge is -2.27. The molecule has 3 aromatic rings. The smallest absolute Gasteiger partial charge is 0.249 e. The molecule has 1 aliphatic rings. The second kappa shape index (κ2) is 10.0. The summed E-state index contributed by atoms with van der Waals surface area (Å²) in [5.74, 6) is -0.234. The average molecular weight is 442 g/mol. The molecule has 0 bridgehead atoms. The fourth-order valence-electron chi connectivity index (χ4n) is 4.32. The maximum Gasteiger partial charge on any atom is 0.249 e. The number of hydrogen-bond acceptors (Lipinski definition) is 3. The molecule has 2 amide bonds. The van der Waals surface area contributed by atoms with Crippen molar-refractivity contribution in [3.05, 3.63) is 89.5 Å². The van der Waals surface area contributed by atoms with Gasteiger partial charge in [-0.1, -0.05) is 60.7 Å². The van der Waals surface area contributed by atoms with Crippen LogP contribution in [0.1, 0.15) is 30.0 Å². The van der Waals surface area contributed by atoms with Crippen molar-refractivity contribution < 1.29 is 9.59 Å². The van der Waals surface area contributed by atoms with E-state index in [1.165, 1.54) is 5.56 Å². The van der Waals surface area contributed by atoms with Gasteiger partial charge in [-0.15, -0.1) is 0 Å². The zero-order valence-corrected chi connectivity index (χ0v) is 19.5. The molecule has 4 rings (SSSR count). The summed E-state index contributed by atoms with van der Waals surface area (Å²) in [4.78, 5) is 28.0. The van der Waals surface area contributed by atoms with E-state index in [0.717, 1.165) is 34.4 Å². The van der Waals surface area contributed by atoms with E-state index in [4.69, 9.17) is 0 Å². The number of amides is 2. The van der Waals surface area contributed by atoms with Gasteiger partial charge in [-0.05, 0) is 73.7 Å². The number of carbonyl (C=O) groups excluding carboxylic acids is 2. The van der Waals surface area contributed by atoms with E-state index in [-0.39, 0.29) is 17.9 Å². The number of nitrogens with zero attached hydrogens (tertiary/aromatic N) is 1. The summed E-state index contributed by atoms with van der Waals surface area (Å²) in [5.41, 5.74) is 6.61. The van der Waals surface area contributed by atoms with Crippen molar-refractivity contribution in [2.75, 3.05) is 11.9 Å². The molecular weight excluding hydrogens is 410 g/mol. The van der Waals surface area contributed by atoms with Gasteiger partial charge in [-0.25, -0.2) is 0 Å². The molecule has 5 nitrogen and oxygen atoms in total. The Morgan fingerprint density at radius 3 is 2.55 bits per heavy atom. The number of benzene rings is 3. The zero-order chi connectivity index (χ0) is 23.4. The molecule has 1 aliphatic heterocycles. The molecule has 0 radical (unpaired) electrons. The van der Waals surface area contributed by atoms with E-state index in [0.29, 0.717) is 13.0 Å². The van der Waals surface area contributed by atoms with Crippen LogP contribution in [0.3, 0.4) is 0 Å². The van der Waals surface area contributed by atoms with Crippen molar-refractivity contribution in [3.63, 3.8) is 0 Å². The zero-order valence-electron chi connectivity index (χ0n) is 19.5. The Bertz CT molecular complexity index is 1140. The summed E-state index contributed by atoms with van der Waals surface area (Å²) in [6.45, 7) is 4.34. The molecule has 5 heteroatoms. The number of anilines is 1. The minimum absolute atomic E-state index is 0.0709. The largest absolute Gasteiger partial charge is 0.343 e. The van der Waals surface area contributed by atoms with Crippen LogP contribution >= 0.6 is 0 Å². The van der Waals surface area contributed by atoms with Gasteiger partial charge in [0.1, 0.15) is 6.04 Å².